The van der Waals surface area contributed by atoms with Crippen molar-refractivity contribution in [1.82, 2.24) is 9.97 Å². The van der Waals surface area contributed by atoms with E-state index >= 15 is 0 Å². The molecule has 0 bridgehead atoms. The maximum atomic E-state index is 8.63. The number of hydrogen-bond donors (Lipinski definition) is 0. The van der Waals surface area contributed by atoms with Gasteiger partial charge in [0.25, 0.3) is 6.26 Å². The Kier molecular flexibility index (Phi) is 3.39. The molecule has 0 aromatic carbocycles. The summed E-state index contributed by atoms with van der Waals surface area (Å²) >= 11 is 0. The van der Waals surface area contributed by atoms with Gasteiger partial charge < -0.3 is 9.47 Å². The Labute approximate surface area is 105 Å². The summed E-state index contributed by atoms with van der Waals surface area (Å²) in [6.45, 7) is 1.83. The van der Waals surface area contributed by atoms with Gasteiger partial charge in [0.15, 0.2) is 0 Å². The smallest absolute Gasteiger partial charge is 0.293 e. The maximum Gasteiger partial charge on any atom is 0.293 e. The van der Waals surface area contributed by atoms with Crippen LogP contribution in [-0.2, 0) is 0 Å². The van der Waals surface area contributed by atoms with Gasteiger partial charge in [-0.05, 0) is 30.7 Å². The minimum atomic E-state index is 0.283. The lowest BCUT2D eigenvalue weighted by atomic mass is 10.1. The molecule has 0 atom stereocenters. The third-order valence-corrected chi connectivity index (χ3v) is 2.40. The summed E-state index contributed by atoms with van der Waals surface area (Å²) in [5.74, 6) is 0.779. The van der Waals surface area contributed by atoms with Gasteiger partial charge in [0.1, 0.15) is 0 Å². The lowest BCUT2D eigenvalue weighted by Crippen LogP contribution is -1.94. The Bertz CT molecular complexity index is 605. The van der Waals surface area contributed by atoms with Gasteiger partial charge in [-0.2, -0.15) is 0 Å². The highest BCUT2D eigenvalue weighted by molar-refractivity contribution is 5.69. The highest BCUT2D eigenvalue weighted by atomic mass is 16.5. The topological polar surface area (TPSA) is 68.0 Å². The lowest BCUT2D eigenvalue weighted by molar-refractivity contribution is 0.398. The van der Waals surface area contributed by atoms with E-state index in [4.69, 9.17) is 14.7 Å². The molecule has 0 aliphatic carbocycles. The van der Waals surface area contributed by atoms with Crippen LogP contribution in [0.2, 0.25) is 0 Å². The zero-order valence-corrected chi connectivity index (χ0v) is 10.0. The molecule has 5 nitrogen and oxygen atoms in total. The van der Waals surface area contributed by atoms with Gasteiger partial charge in [-0.25, -0.2) is 9.97 Å². The zero-order chi connectivity index (χ0) is 13.0. The molecule has 5 heteroatoms. The molecule has 2 heterocycles. The third kappa shape index (κ3) is 2.38. The van der Waals surface area contributed by atoms with Gasteiger partial charge in [-0.15, -0.1) is 5.26 Å². The summed E-state index contributed by atoms with van der Waals surface area (Å²) in [5, 5.41) is 8.63. The minimum absolute atomic E-state index is 0.283. The summed E-state index contributed by atoms with van der Waals surface area (Å²) in [6.07, 6.45) is 3.27. The summed E-state index contributed by atoms with van der Waals surface area (Å²) in [7, 11) is 1.55. The summed E-state index contributed by atoms with van der Waals surface area (Å²) in [5.41, 5.74) is 2.34. The number of ether oxygens (including phenoxy) is 2. The normalized spacial score (nSPS) is 9.61. The van der Waals surface area contributed by atoms with E-state index in [0.29, 0.717) is 5.88 Å². The molecule has 0 saturated heterocycles. The van der Waals surface area contributed by atoms with Gasteiger partial charge in [0, 0.05) is 23.5 Å². The quantitative estimate of drug-likeness (QED) is 0.771. The Morgan fingerprint density at radius 2 is 2.11 bits per heavy atom. The number of nitrogens with zero attached hydrogens (tertiary/aromatic N) is 3. The zero-order valence-electron chi connectivity index (χ0n) is 10.0. The molecule has 0 aliphatic rings. The van der Waals surface area contributed by atoms with Crippen molar-refractivity contribution in [2.24, 2.45) is 0 Å². The monoisotopic (exact) mass is 241 g/mol. The van der Waals surface area contributed by atoms with E-state index in [2.05, 4.69) is 9.97 Å². The predicted octanol–water partition coefficient (Wildman–Crippen LogP) is 2.32. The second kappa shape index (κ2) is 5.15. The van der Waals surface area contributed by atoms with Crippen molar-refractivity contribution in [1.29, 1.82) is 5.26 Å². The number of aryl methyl sites for hydroxylation is 1. The van der Waals surface area contributed by atoms with Gasteiger partial charge in [0.05, 0.1) is 7.11 Å². The van der Waals surface area contributed by atoms with Crippen molar-refractivity contribution in [2.75, 3.05) is 7.11 Å². The Morgan fingerprint density at radius 1 is 1.28 bits per heavy atom. The molecule has 0 unspecified atom stereocenters. The minimum Gasteiger partial charge on any atom is -0.481 e. The molecule has 0 aliphatic heterocycles. The Morgan fingerprint density at radius 3 is 2.83 bits per heavy atom. The van der Waals surface area contributed by atoms with Gasteiger partial charge in [0.2, 0.25) is 11.8 Å². The summed E-state index contributed by atoms with van der Waals surface area (Å²) in [6, 6.07) is 7.27. The molecule has 2 rings (SSSR count). The van der Waals surface area contributed by atoms with E-state index in [1.165, 1.54) is 0 Å². The molecule has 0 amide bonds. The van der Waals surface area contributed by atoms with Crippen LogP contribution in [0.4, 0.5) is 0 Å². The van der Waals surface area contributed by atoms with Crippen LogP contribution in [0.3, 0.4) is 0 Å². The van der Waals surface area contributed by atoms with Crippen LogP contribution < -0.4 is 9.47 Å². The molecule has 2 aromatic heterocycles. The maximum absolute atomic E-state index is 8.63. The first kappa shape index (κ1) is 11.9. The highest BCUT2D eigenvalue weighted by Gasteiger charge is 2.10. The summed E-state index contributed by atoms with van der Waals surface area (Å²) in [4.78, 5) is 8.22. The molecule has 90 valence electrons. The molecule has 0 saturated carbocycles. The van der Waals surface area contributed by atoms with Crippen LogP contribution in [0, 0.1) is 18.4 Å². The first-order valence-corrected chi connectivity index (χ1v) is 5.28. The highest BCUT2D eigenvalue weighted by Crippen LogP contribution is 2.29. The molecule has 18 heavy (non-hydrogen) atoms. The fourth-order valence-corrected chi connectivity index (χ4v) is 1.56. The van der Waals surface area contributed by atoms with E-state index in [9.17, 15) is 0 Å². The van der Waals surface area contributed by atoms with Crippen LogP contribution >= 0.6 is 0 Å². The third-order valence-electron chi connectivity index (χ3n) is 2.40. The van der Waals surface area contributed by atoms with Gasteiger partial charge in [-0.3, -0.25) is 0 Å². The van der Waals surface area contributed by atoms with E-state index in [1.807, 2.05) is 19.1 Å². The van der Waals surface area contributed by atoms with E-state index in [1.54, 1.807) is 31.7 Å². The van der Waals surface area contributed by atoms with Crippen molar-refractivity contribution in [3.63, 3.8) is 0 Å². The van der Waals surface area contributed by atoms with E-state index in [-0.39, 0.29) is 5.88 Å². The molecule has 0 fully saturated rings. The van der Waals surface area contributed by atoms with Crippen molar-refractivity contribution >= 4 is 0 Å². The largest absolute Gasteiger partial charge is 0.481 e. The number of hydrogen-bond acceptors (Lipinski definition) is 5. The van der Waals surface area contributed by atoms with Crippen LogP contribution in [-0.4, -0.2) is 17.1 Å². The standard InChI is InChI=1S/C13H11N3O2/c1-9-3-4-11(13(16-9)18-8-14)10-5-6-15-12(7-10)17-2/h3-7H,1-2H3. The van der Waals surface area contributed by atoms with Crippen molar-refractivity contribution in [2.45, 2.75) is 6.92 Å². The van der Waals surface area contributed by atoms with Crippen molar-refractivity contribution < 1.29 is 9.47 Å². The number of rotatable bonds is 3. The molecular weight excluding hydrogens is 230 g/mol. The molecule has 0 radical (unpaired) electrons. The second-order valence-corrected chi connectivity index (χ2v) is 3.59. The van der Waals surface area contributed by atoms with Crippen LogP contribution in [0.1, 0.15) is 5.69 Å². The van der Waals surface area contributed by atoms with E-state index in [0.717, 1.165) is 16.8 Å². The van der Waals surface area contributed by atoms with Crippen LogP contribution in [0.25, 0.3) is 11.1 Å². The molecular formula is C13H11N3O2. The van der Waals surface area contributed by atoms with Crippen LogP contribution in [0.5, 0.6) is 11.8 Å². The second-order valence-electron chi connectivity index (χ2n) is 3.59. The van der Waals surface area contributed by atoms with Gasteiger partial charge >= 0.3 is 0 Å². The molecule has 0 N–H and O–H groups in total. The van der Waals surface area contributed by atoms with Crippen molar-refractivity contribution in [3.05, 3.63) is 36.2 Å². The molecule has 2 aromatic rings. The molecule has 0 spiro atoms. The first-order valence-electron chi connectivity index (χ1n) is 5.28. The Hall–Kier alpha value is -2.61. The number of nitriles is 1. The number of aromatic nitrogens is 2. The lowest BCUT2D eigenvalue weighted by Gasteiger charge is -2.07. The first-order chi connectivity index (χ1) is 8.74. The SMILES string of the molecule is COc1cc(-c2ccc(C)nc2OC#N)ccn1. The fourth-order valence-electron chi connectivity index (χ4n) is 1.56. The van der Waals surface area contributed by atoms with E-state index < -0.39 is 0 Å². The number of methoxy groups -OCH3 is 1. The average molecular weight is 241 g/mol. The average Bonchev–Trinajstić information content (AvgIpc) is 2.39. The summed E-state index contributed by atoms with van der Waals surface area (Å²) < 4.78 is 9.94. The van der Waals surface area contributed by atoms with Crippen LogP contribution in [0.15, 0.2) is 30.5 Å². The fraction of sp³-hybridized carbons (Fsp3) is 0.154. The van der Waals surface area contributed by atoms with Crippen molar-refractivity contribution in [3.8, 4) is 29.1 Å². The predicted molar refractivity (Wildman–Crippen MR) is 65.0 cm³/mol. The Balaban J connectivity index is 2.52. The van der Waals surface area contributed by atoms with Gasteiger partial charge in [-0.1, -0.05) is 0 Å². The number of pyridine rings is 2.